The summed E-state index contributed by atoms with van der Waals surface area (Å²) < 4.78 is 0. The van der Waals surface area contributed by atoms with Gasteiger partial charge in [0, 0.05) is 0 Å². The van der Waals surface area contributed by atoms with Gasteiger partial charge in [0.1, 0.15) is 0 Å². The molecule has 0 saturated carbocycles. The predicted molar refractivity (Wildman–Crippen MR) is 35.8 cm³/mol. The van der Waals surface area contributed by atoms with Crippen LogP contribution in [0.15, 0.2) is 0 Å². The molecular weight excluding hydrogens is 114 g/mol. The zero-order valence-corrected chi connectivity index (χ0v) is 5.97. The second-order valence-corrected chi connectivity index (χ2v) is 2.91. The second-order valence-electron chi connectivity index (χ2n) is 2.91. The van der Waals surface area contributed by atoms with Crippen LogP contribution in [0.5, 0.6) is 0 Å². The highest BCUT2D eigenvalue weighted by molar-refractivity contribution is 4.68. The van der Waals surface area contributed by atoms with Crippen molar-refractivity contribution in [3.8, 4) is 0 Å². The average molecular weight is 128 g/mol. The fourth-order valence-corrected chi connectivity index (χ4v) is 1.23. The van der Waals surface area contributed by atoms with Crippen molar-refractivity contribution in [3.05, 3.63) is 0 Å². The van der Waals surface area contributed by atoms with Gasteiger partial charge in [0.2, 0.25) is 0 Å². The maximum absolute atomic E-state index is 10.4. The summed E-state index contributed by atoms with van der Waals surface area (Å²) in [7, 11) is 2.11. The highest BCUT2D eigenvalue weighted by Crippen LogP contribution is 2.14. The van der Waals surface area contributed by atoms with Crippen molar-refractivity contribution in [3.63, 3.8) is 0 Å². The smallest absolute Gasteiger partial charge is 0.0851 e. The lowest BCUT2D eigenvalue weighted by Crippen LogP contribution is -2.31. The number of hydrogen-bond acceptors (Lipinski definition) is 1. The molecule has 1 aliphatic heterocycles. The summed E-state index contributed by atoms with van der Waals surface area (Å²) in [6.45, 7) is 2.37. The fourth-order valence-electron chi connectivity index (χ4n) is 1.23. The summed E-state index contributed by atoms with van der Waals surface area (Å²) in [6.07, 6.45) is 2.22. The summed E-state index contributed by atoms with van der Waals surface area (Å²) in [4.78, 5) is 2.28. The van der Waals surface area contributed by atoms with E-state index in [9.17, 15) is 5.11 Å². The maximum atomic E-state index is 10.4. The van der Waals surface area contributed by atoms with E-state index in [0.29, 0.717) is 5.92 Å². The first-order valence-electron chi connectivity index (χ1n) is 3.59. The van der Waals surface area contributed by atoms with E-state index in [2.05, 4.69) is 11.9 Å². The summed E-state index contributed by atoms with van der Waals surface area (Å²) in [5, 5.41) is 10.4. The van der Waals surface area contributed by atoms with Gasteiger partial charge in [-0.3, -0.25) is 0 Å². The quantitative estimate of drug-likeness (QED) is 0.511. The molecule has 1 radical (unpaired) electrons. The van der Waals surface area contributed by atoms with Crippen molar-refractivity contribution in [1.29, 1.82) is 0 Å². The number of nitrogens with zero attached hydrogens (tertiary/aromatic N) is 1. The van der Waals surface area contributed by atoms with Crippen molar-refractivity contribution in [1.82, 2.24) is 4.90 Å². The van der Waals surface area contributed by atoms with Gasteiger partial charge in [-0.25, -0.2) is 5.11 Å². The molecule has 0 unspecified atom stereocenters. The number of piperidine rings is 1. The lowest BCUT2D eigenvalue weighted by molar-refractivity contribution is 0.100. The highest BCUT2D eigenvalue weighted by Gasteiger charge is 2.15. The van der Waals surface area contributed by atoms with Crippen LogP contribution in [0.4, 0.5) is 0 Å². The van der Waals surface area contributed by atoms with Crippen molar-refractivity contribution in [2.75, 3.05) is 26.7 Å². The number of hydrogen-bond donors (Lipinski definition) is 0. The van der Waals surface area contributed by atoms with Gasteiger partial charge in [-0.15, -0.1) is 0 Å². The molecule has 1 heterocycles. The summed E-state index contributed by atoms with van der Waals surface area (Å²) in [5.41, 5.74) is 0. The summed E-state index contributed by atoms with van der Waals surface area (Å²) in [5.74, 6) is 0.473. The lowest BCUT2D eigenvalue weighted by Gasteiger charge is -2.26. The van der Waals surface area contributed by atoms with Gasteiger partial charge in [0.25, 0.3) is 0 Å². The molecule has 0 bridgehead atoms. The standard InChI is InChI=1S/C7H14NO/c1-8-4-2-7(6-9)3-5-8/h7H,2-6H2,1H3. The lowest BCUT2D eigenvalue weighted by atomic mass is 9.98. The largest absolute Gasteiger partial charge is 0.306 e. The van der Waals surface area contributed by atoms with Crippen LogP contribution in [0, 0.1) is 5.92 Å². The van der Waals surface area contributed by atoms with Gasteiger partial charge < -0.3 is 4.90 Å². The van der Waals surface area contributed by atoms with Crippen molar-refractivity contribution in [2.45, 2.75) is 12.8 Å². The van der Waals surface area contributed by atoms with Gasteiger partial charge in [-0.1, -0.05) is 0 Å². The Hall–Kier alpha value is -0.0800. The van der Waals surface area contributed by atoms with Gasteiger partial charge >= 0.3 is 0 Å². The predicted octanol–water partition coefficient (Wildman–Crippen LogP) is 0.759. The maximum Gasteiger partial charge on any atom is 0.0851 e. The molecule has 2 heteroatoms. The molecule has 0 aromatic rings. The van der Waals surface area contributed by atoms with Crippen molar-refractivity contribution in [2.24, 2.45) is 5.92 Å². The van der Waals surface area contributed by atoms with Crippen LogP contribution in [0.1, 0.15) is 12.8 Å². The molecule has 0 N–H and O–H groups in total. The molecule has 9 heavy (non-hydrogen) atoms. The van der Waals surface area contributed by atoms with E-state index in [4.69, 9.17) is 0 Å². The van der Waals surface area contributed by atoms with Crippen LogP contribution in [-0.4, -0.2) is 31.6 Å². The topological polar surface area (TPSA) is 23.1 Å². The Bertz CT molecular complexity index is 77.0. The first-order valence-corrected chi connectivity index (χ1v) is 3.59. The Labute approximate surface area is 56.5 Å². The van der Waals surface area contributed by atoms with E-state index in [-0.39, 0.29) is 6.61 Å². The molecule has 53 valence electrons. The molecule has 1 aliphatic rings. The zero-order chi connectivity index (χ0) is 6.69. The molecule has 0 spiro atoms. The van der Waals surface area contributed by atoms with Crippen molar-refractivity contribution >= 4 is 0 Å². The third-order valence-corrected chi connectivity index (χ3v) is 2.07. The Morgan fingerprint density at radius 1 is 1.44 bits per heavy atom. The minimum absolute atomic E-state index is 0.133. The molecule has 0 aromatic heterocycles. The van der Waals surface area contributed by atoms with Crippen LogP contribution < -0.4 is 0 Å². The molecule has 0 aliphatic carbocycles. The van der Waals surface area contributed by atoms with Gasteiger partial charge in [0.05, 0.1) is 6.61 Å². The van der Waals surface area contributed by atoms with Crippen LogP contribution >= 0.6 is 0 Å². The molecule has 1 fully saturated rings. The van der Waals surface area contributed by atoms with E-state index in [0.717, 1.165) is 25.9 Å². The zero-order valence-electron chi connectivity index (χ0n) is 5.97. The van der Waals surface area contributed by atoms with E-state index in [1.165, 1.54) is 0 Å². The fraction of sp³-hybridized carbons (Fsp3) is 1.00. The van der Waals surface area contributed by atoms with E-state index < -0.39 is 0 Å². The molecule has 0 aromatic carbocycles. The second kappa shape index (κ2) is 3.18. The number of rotatable bonds is 1. The first-order chi connectivity index (χ1) is 4.33. The van der Waals surface area contributed by atoms with Gasteiger partial charge in [0.15, 0.2) is 0 Å². The average Bonchev–Trinajstić information content (AvgIpc) is 1.90. The Balaban J connectivity index is 2.18. The summed E-state index contributed by atoms with van der Waals surface area (Å²) in [6, 6.07) is 0. The van der Waals surface area contributed by atoms with Gasteiger partial charge in [-0.05, 0) is 38.9 Å². The third kappa shape index (κ3) is 1.95. The molecule has 2 nitrogen and oxygen atoms in total. The van der Waals surface area contributed by atoms with Crippen LogP contribution in [0.25, 0.3) is 0 Å². The monoisotopic (exact) mass is 128 g/mol. The van der Waals surface area contributed by atoms with E-state index >= 15 is 0 Å². The minimum atomic E-state index is 0.133. The normalized spacial score (nSPS) is 24.7. The third-order valence-electron chi connectivity index (χ3n) is 2.07. The molecule has 1 rings (SSSR count). The SMILES string of the molecule is CN1CCC(C[O])CC1. The van der Waals surface area contributed by atoms with Crippen LogP contribution in [0.3, 0.4) is 0 Å². The highest BCUT2D eigenvalue weighted by atomic mass is 16.3. The van der Waals surface area contributed by atoms with Gasteiger partial charge in [-0.2, -0.15) is 0 Å². The van der Waals surface area contributed by atoms with Crippen LogP contribution in [-0.2, 0) is 5.11 Å². The van der Waals surface area contributed by atoms with Crippen molar-refractivity contribution < 1.29 is 5.11 Å². The van der Waals surface area contributed by atoms with E-state index in [1.807, 2.05) is 0 Å². The summed E-state index contributed by atoms with van der Waals surface area (Å²) >= 11 is 0. The molecular formula is C7H14NO. The molecule has 1 saturated heterocycles. The molecule has 0 amide bonds. The Kier molecular flexibility index (Phi) is 2.49. The number of likely N-dealkylation sites (tertiary alicyclic amines) is 1. The van der Waals surface area contributed by atoms with Crippen LogP contribution in [0.2, 0.25) is 0 Å². The minimum Gasteiger partial charge on any atom is -0.306 e. The van der Waals surface area contributed by atoms with E-state index in [1.54, 1.807) is 0 Å². The molecule has 0 atom stereocenters. The Morgan fingerprint density at radius 3 is 2.44 bits per heavy atom. The Morgan fingerprint density at radius 2 is 2.00 bits per heavy atom. The first kappa shape index (κ1) is 7.03.